The summed E-state index contributed by atoms with van der Waals surface area (Å²) < 4.78 is 52.5. The number of rotatable bonds is 5. The monoisotopic (exact) mass is 397 g/mol. The van der Waals surface area contributed by atoms with E-state index in [0.29, 0.717) is 12.8 Å². The number of aromatic nitrogens is 3. The zero-order valence-electron chi connectivity index (χ0n) is 14.7. The van der Waals surface area contributed by atoms with E-state index in [1.807, 2.05) is 0 Å². The Morgan fingerprint density at radius 2 is 1.65 bits per heavy atom. The fraction of sp³-hybridized carbons (Fsp3) is 0.667. The van der Waals surface area contributed by atoms with Crippen LogP contribution in [0.25, 0.3) is 5.57 Å². The summed E-state index contributed by atoms with van der Waals surface area (Å²) in [5, 5.41) is 14.7. The molecular weight excluding hydrogens is 374 g/mol. The number of aliphatic hydroxyl groups excluding tert-OH is 1. The van der Waals surface area contributed by atoms with E-state index in [9.17, 15) is 22.7 Å². The Balaban J connectivity index is 0.00000338. The number of nitrogens with one attached hydrogen (secondary N) is 2. The lowest BCUT2D eigenvalue weighted by Gasteiger charge is -2.21. The molecule has 1 heterocycles. The molecule has 3 N–H and O–H groups in total. The lowest BCUT2D eigenvalue weighted by atomic mass is 9.96. The fourth-order valence-electron chi connectivity index (χ4n) is 2.31. The van der Waals surface area contributed by atoms with E-state index in [2.05, 4.69) is 25.6 Å². The van der Waals surface area contributed by atoms with Crippen molar-refractivity contribution in [3.63, 3.8) is 0 Å². The molecule has 0 unspecified atom stereocenters. The van der Waals surface area contributed by atoms with Crippen molar-refractivity contribution >= 4 is 31.0 Å². The van der Waals surface area contributed by atoms with Crippen LogP contribution in [0.15, 0.2) is 5.83 Å². The van der Waals surface area contributed by atoms with E-state index in [4.69, 9.17) is 0 Å². The molecule has 0 saturated heterocycles. The largest absolute Gasteiger partial charge is 0.408 e. The molecule has 148 valence electrons. The highest BCUT2D eigenvalue weighted by Gasteiger charge is 2.36. The van der Waals surface area contributed by atoms with Gasteiger partial charge in [-0.2, -0.15) is 41.6 Å². The second-order valence-electron chi connectivity index (χ2n) is 6.25. The molecule has 0 spiro atoms. The molecule has 2 rings (SSSR count). The molecule has 26 heavy (non-hydrogen) atoms. The molecule has 0 amide bonds. The second kappa shape index (κ2) is 8.85. The minimum atomic E-state index is -4.48. The van der Waals surface area contributed by atoms with Gasteiger partial charge in [0, 0.05) is 11.6 Å². The molecule has 0 aromatic carbocycles. The van der Waals surface area contributed by atoms with Crippen molar-refractivity contribution in [2.45, 2.75) is 64.4 Å². The topological polar surface area (TPSA) is 83.0 Å². The van der Waals surface area contributed by atoms with E-state index in [1.165, 1.54) is 0 Å². The highest BCUT2D eigenvalue weighted by atomic mass is 32.1. The van der Waals surface area contributed by atoms with Crippen molar-refractivity contribution in [3.05, 3.63) is 11.7 Å². The zero-order chi connectivity index (χ0) is 18.8. The summed E-state index contributed by atoms with van der Waals surface area (Å²) in [7, 11) is 0. The maximum Gasteiger partial charge on any atom is 0.408 e. The average molecular weight is 397 g/mol. The van der Waals surface area contributed by atoms with Gasteiger partial charge < -0.3 is 15.7 Å². The standard InChI is InChI=1S/C15H21F4N5O.H2S/c1-7(2)20-13-22-12(9-5-4-6-10(25)11(9)16)23-14(24-13)21-8(3)15(17,18)19;/h7-8,10,25H,4-6H2,1-3H3,(H2,20,21,22,23,24);1H2/t8-,10+;/m0./s1. The van der Waals surface area contributed by atoms with E-state index >= 15 is 0 Å². The molecule has 0 bridgehead atoms. The van der Waals surface area contributed by atoms with Gasteiger partial charge in [0.15, 0.2) is 5.82 Å². The van der Waals surface area contributed by atoms with Gasteiger partial charge in [0.05, 0.1) is 0 Å². The zero-order valence-corrected chi connectivity index (χ0v) is 15.7. The predicted octanol–water partition coefficient (Wildman–Crippen LogP) is 3.39. The molecule has 1 aromatic rings. The molecule has 0 radical (unpaired) electrons. The Kier molecular flexibility index (Phi) is 7.63. The Hall–Kier alpha value is -1.62. The summed E-state index contributed by atoms with van der Waals surface area (Å²) in [6, 6.07) is -1.97. The molecular formula is C15H23F4N5OS. The Morgan fingerprint density at radius 1 is 1.08 bits per heavy atom. The van der Waals surface area contributed by atoms with Crippen molar-refractivity contribution in [1.82, 2.24) is 15.0 Å². The maximum absolute atomic E-state index is 14.2. The van der Waals surface area contributed by atoms with Gasteiger partial charge in [-0.05, 0) is 40.0 Å². The Bertz CT molecular complexity index is 653. The molecule has 6 nitrogen and oxygen atoms in total. The molecule has 0 aliphatic heterocycles. The van der Waals surface area contributed by atoms with Crippen LogP contribution in [-0.4, -0.2) is 44.4 Å². The van der Waals surface area contributed by atoms with Crippen LogP contribution in [0.5, 0.6) is 0 Å². The van der Waals surface area contributed by atoms with Crippen LogP contribution in [0.2, 0.25) is 0 Å². The minimum absolute atomic E-state index is 0. The average Bonchev–Trinajstić information content (AvgIpc) is 2.48. The first kappa shape index (κ1) is 22.4. The summed E-state index contributed by atoms with van der Waals surface area (Å²) in [4.78, 5) is 11.9. The molecule has 11 heteroatoms. The first-order chi connectivity index (χ1) is 11.6. The van der Waals surface area contributed by atoms with Crippen LogP contribution in [0, 0.1) is 0 Å². The highest BCUT2D eigenvalue weighted by Crippen LogP contribution is 2.32. The van der Waals surface area contributed by atoms with Crippen molar-refractivity contribution < 1.29 is 22.7 Å². The number of allylic oxidation sites excluding steroid dienone is 1. The first-order valence-electron chi connectivity index (χ1n) is 8.00. The Labute approximate surface area is 156 Å². The number of hydrogen-bond acceptors (Lipinski definition) is 6. The molecule has 2 atom stereocenters. The van der Waals surface area contributed by atoms with Crippen LogP contribution in [0.4, 0.5) is 29.5 Å². The van der Waals surface area contributed by atoms with Crippen molar-refractivity contribution in [3.8, 4) is 0 Å². The molecule has 0 saturated carbocycles. The molecule has 1 aliphatic carbocycles. The summed E-state index contributed by atoms with van der Waals surface area (Å²) in [5.41, 5.74) is 0.0932. The van der Waals surface area contributed by atoms with E-state index in [-0.39, 0.29) is 49.3 Å². The third-order valence-electron chi connectivity index (χ3n) is 3.64. The summed E-state index contributed by atoms with van der Waals surface area (Å²) in [6.07, 6.45) is -4.61. The minimum Gasteiger partial charge on any atom is -0.386 e. The van der Waals surface area contributed by atoms with Gasteiger partial charge in [0.25, 0.3) is 0 Å². The van der Waals surface area contributed by atoms with Crippen LogP contribution in [0.3, 0.4) is 0 Å². The maximum atomic E-state index is 14.2. The second-order valence-corrected chi connectivity index (χ2v) is 6.25. The number of halogens is 4. The third-order valence-corrected chi connectivity index (χ3v) is 3.64. The molecule has 1 aromatic heterocycles. The Morgan fingerprint density at radius 3 is 2.19 bits per heavy atom. The number of anilines is 2. The third kappa shape index (κ3) is 5.70. The van der Waals surface area contributed by atoms with E-state index in [0.717, 1.165) is 6.92 Å². The SMILES string of the molecule is CC(C)Nc1nc(N[C@@H](C)C(F)(F)F)nc(C2=C(F)[C@H](O)CCC2)n1.S. The number of hydrogen-bond donors (Lipinski definition) is 3. The quantitative estimate of drug-likeness (QED) is 0.661. The van der Waals surface area contributed by atoms with Gasteiger partial charge in [0.1, 0.15) is 18.0 Å². The lowest BCUT2D eigenvalue weighted by Crippen LogP contribution is -2.34. The van der Waals surface area contributed by atoms with Gasteiger partial charge in [-0.25, -0.2) is 4.39 Å². The predicted molar refractivity (Wildman–Crippen MR) is 96.0 cm³/mol. The number of alkyl halides is 3. The van der Waals surface area contributed by atoms with Gasteiger partial charge in [0.2, 0.25) is 11.9 Å². The van der Waals surface area contributed by atoms with Crippen molar-refractivity contribution in [2.75, 3.05) is 10.6 Å². The first-order valence-corrected chi connectivity index (χ1v) is 8.00. The van der Waals surface area contributed by atoms with Crippen LogP contribution < -0.4 is 10.6 Å². The smallest absolute Gasteiger partial charge is 0.386 e. The van der Waals surface area contributed by atoms with Gasteiger partial charge in [-0.3, -0.25) is 0 Å². The van der Waals surface area contributed by atoms with Gasteiger partial charge in [-0.15, -0.1) is 0 Å². The lowest BCUT2D eigenvalue weighted by molar-refractivity contribution is -0.138. The van der Waals surface area contributed by atoms with Gasteiger partial charge in [-0.1, -0.05) is 0 Å². The summed E-state index contributed by atoms with van der Waals surface area (Å²) in [5.74, 6) is -1.09. The molecule has 1 aliphatic rings. The van der Waals surface area contributed by atoms with Crippen LogP contribution >= 0.6 is 13.5 Å². The highest BCUT2D eigenvalue weighted by molar-refractivity contribution is 7.59. The normalized spacial score (nSPS) is 19.2. The summed E-state index contributed by atoms with van der Waals surface area (Å²) >= 11 is 0. The van der Waals surface area contributed by atoms with E-state index < -0.39 is 24.1 Å². The fourth-order valence-corrected chi connectivity index (χ4v) is 2.31. The van der Waals surface area contributed by atoms with Crippen molar-refractivity contribution in [2.24, 2.45) is 0 Å². The van der Waals surface area contributed by atoms with Crippen molar-refractivity contribution in [1.29, 1.82) is 0 Å². The van der Waals surface area contributed by atoms with Crippen LogP contribution in [0.1, 0.15) is 45.9 Å². The van der Waals surface area contributed by atoms with E-state index in [1.54, 1.807) is 13.8 Å². The van der Waals surface area contributed by atoms with Crippen LogP contribution in [-0.2, 0) is 0 Å². The number of aliphatic hydroxyl groups is 1. The molecule has 0 fully saturated rings. The van der Waals surface area contributed by atoms with Gasteiger partial charge >= 0.3 is 6.18 Å². The number of nitrogens with zero attached hydrogens (tertiary/aromatic N) is 3. The summed E-state index contributed by atoms with van der Waals surface area (Å²) in [6.45, 7) is 4.54.